The third-order valence-corrected chi connectivity index (χ3v) is 7.26. The number of rotatable bonds is 8. The van der Waals surface area contributed by atoms with Crippen LogP contribution in [0.2, 0.25) is 0 Å². The summed E-state index contributed by atoms with van der Waals surface area (Å²) in [5.74, 6) is 1.19. The van der Waals surface area contributed by atoms with Gasteiger partial charge < -0.3 is 9.84 Å². The Labute approximate surface area is 203 Å². The van der Waals surface area contributed by atoms with Gasteiger partial charge in [-0.3, -0.25) is 4.79 Å². The fraction of sp³-hybridized carbons (Fsp3) is 0.387. The summed E-state index contributed by atoms with van der Waals surface area (Å²) < 4.78 is 5.48. The smallest absolute Gasteiger partial charge is 0.148 e. The fourth-order valence-electron chi connectivity index (χ4n) is 5.11. The van der Waals surface area contributed by atoms with Gasteiger partial charge in [-0.1, -0.05) is 68.4 Å². The fourth-order valence-corrected chi connectivity index (χ4v) is 5.11. The predicted molar refractivity (Wildman–Crippen MR) is 138 cm³/mol. The van der Waals surface area contributed by atoms with Crippen molar-refractivity contribution in [2.45, 2.75) is 70.3 Å². The highest BCUT2D eigenvalue weighted by molar-refractivity contribution is 5.92. The molecule has 0 radical (unpaired) electrons. The van der Waals surface area contributed by atoms with E-state index in [1.807, 2.05) is 30.3 Å². The number of Topliss-reactive ketones (excluding diaryl/α,β-unsaturated/α-hetero) is 1. The molecule has 0 fully saturated rings. The van der Waals surface area contributed by atoms with Crippen molar-refractivity contribution >= 4 is 5.78 Å². The molecule has 0 bridgehead atoms. The number of aliphatic hydroxyl groups excluding tert-OH is 1. The van der Waals surface area contributed by atoms with Crippen LogP contribution in [0.3, 0.4) is 0 Å². The largest absolute Gasteiger partial charge is 0.497 e. The second kappa shape index (κ2) is 10.6. The van der Waals surface area contributed by atoms with E-state index in [2.05, 4.69) is 50.2 Å². The predicted octanol–water partition coefficient (Wildman–Crippen LogP) is 6.89. The van der Waals surface area contributed by atoms with Crippen LogP contribution in [0.4, 0.5) is 0 Å². The highest BCUT2D eigenvalue weighted by Crippen LogP contribution is 2.39. The third-order valence-electron chi connectivity index (χ3n) is 7.26. The van der Waals surface area contributed by atoms with E-state index in [1.165, 1.54) is 16.7 Å². The van der Waals surface area contributed by atoms with Crippen molar-refractivity contribution in [3.8, 4) is 5.75 Å². The summed E-state index contributed by atoms with van der Waals surface area (Å²) in [5, 5.41) is 9.95. The molecular weight excluding hydrogens is 420 g/mol. The lowest BCUT2D eigenvalue weighted by Gasteiger charge is -2.29. The van der Waals surface area contributed by atoms with Crippen molar-refractivity contribution in [2.75, 3.05) is 7.11 Å². The highest BCUT2D eigenvalue weighted by Gasteiger charge is 2.33. The normalized spacial score (nSPS) is 17.2. The Morgan fingerprint density at radius 1 is 0.941 bits per heavy atom. The second-order valence-corrected chi connectivity index (χ2v) is 9.91. The molecule has 3 heteroatoms. The number of fused-ring (bicyclic) bond motifs is 1. The molecule has 0 heterocycles. The minimum Gasteiger partial charge on any atom is -0.497 e. The summed E-state index contributed by atoms with van der Waals surface area (Å²) in [6.45, 7) is 6.15. The lowest BCUT2D eigenvalue weighted by atomic mass is 9.74. The maximum atomic E-state index is 14.2. The van der Waals surface area contributed by atoms with E-state index in [9.17, 15) is 9.90 Å². The molecule has 0 aromatic heterocycles. The Morgan fingerprint density at radius 2 is 1.59 bits per heavy atom. The maximum absolute atomic E-state index is 14.2. The zero-order chi connectivity index (χ0) is 24.2. The van der Waals surface area contributed by atoms with Crippen LogP contribution in [0.5, 0.6) is 5.75 Å². The number of ketones is 1. The molecule has 34 heavy (non-hydrogen) atoms. The van der Waals surface area contributed by atoms with Gasteiger partial charge in [-0.05, 0) is 84.0 Å². The minimum absolute atomic E-state index is 0.129. The second-order valence-electron chi connectivity index (χ2n) is 9.91. The number of aryl methyl sites for hydroxylation is 1. The van der Waals surface area contributed by atoms with Gasteiger partial charge in [0, 0.05) is 11.8 Å². The van der Waals surface area contributed by atoms with Crippen molar-refractivity contribution in [1.29, 1.82) is 0 Å². The topological polar surface area (TPSA) is 46.5 Å². The van der Waals surface area contributed by atoms with Gasteiger partial charge in [0.05, 0.1) is 13.2 Å². The Kier molecular flexibility index (Phi) is 7.53. The van der Waals surface area contributed by atoms with E-state index >= 15 is 0 Å². The first-order valence-corrected chi connectivity index (χ1v) is 12.4. The number of ether oxygens (including phenoxy) is 1. The number of hydrogen-bond acceptors (Lipinski definition) is 3. The molecule has 0 aliphatic heterocycles. The van der Waals surface area contributed by atoms with Gasteiger partial charge in [-0.2, -0.15) is 0 Å². The van der Waals surface area contributed by atoms with Gasteiger partial charge in [-0.25, -0.2) is 0 Å². The summed E-state index contributed by atoms with van der Waals surface area (Å²) in [6, 6.07) is 22.8. The molecule has 0 amide bonds. The van der Waals surface area contributed by atoms with Crippen LogP contribution in [0, 0.1) is 0 Å². The number of benzene rings is 3. The van der Waals surface area contributed by atoms with Crippen LogP contribution in [-0.2, 0) is 17.6 Å². The summed E-state index contributed by atoms with van der Waals surface area (Å²) in [6.07, 6.45) is 3.04. The van der Waals surface area contributed by atoms with E-state index in [-0.39, 0.29) is 17.6 Å². The van der Waals surface area contributed by atoms with E-state index in [1.54, 1.807) is 14.0 Å². The molecule has 3 aromatic rings. The third kappa shape index (κ3) is 5.26. The van der Waals surface area contributed by atoms with Crippen molar-refractivity contribution in [2.24, 2.45) is 0 Å². The van der Waals surface area contributed by atoms with E-state index in [4.69, 9.17) is 4.74 Å². The minimum atomic E-state index is -0.524. The molecule has 0 spiro atoms. The van der Waals surface area contributed by atoms with Crippen LogP contribution in [0.25, 0.3) is 0 Å². The Bertz CT molecular complexity index is 1110. The van der Waals surface area contributed by atoms with Crippen molar-refractivity contribution in [3.05, 3.63) is 100 Å². The van der Waals surface area contributed by atoms with Crippen LogP contribution >= 0.6 is 0 Å². The van der Waals surface area contributed by atoms with Gasteiger partial charge >= 0.3 is 0 Å². The molecule has 3 nitrogen and oxygen atoms in total. The summed E-state index contributed by atoms with van der Waals surface area (Å²) in [4.78, 5) is 14.2. The maximum Gasteiger partial charge on any atom is 0.148 e. The highest BCUT2D eigenvalue weighted by atomic mass is 16.5. The van der Waals surface area contributed by atoms with Crippen LogP contribution < -0.4 is 4.74 Å². The zero-order valence-corrected chi connectivity index (χ0v) is 20.8. The van der Waals surface area contributed by atoms with Gasteiger partial charge in [0.2, 0.25) is 0 Å². The van der Waals surface area contributed by atoms with E-state index < -0.39 is 6.10 Å². The van der Waals surface area contributed by atoms with E-state index in [0.29, 0.717) is 12.3 Å². The average Bonchev–Trinajstić information content (AvgIpc) is 2.86. The molecule has 0 saturated heterocycles. The lowest BCUT2D eigenvalue weighted by molar-refractivity contribution is -0.122. The summed E-state index contributed by atoms with van der Waals surface area (Å²) >= 11 is 0. The standard InChI is InChI=1S/C31H36O3/c1-20(2)23-10-8-22(9-11-23)18-30(26-14-12-24(13-15-26)21(3)32)31(33)28-7-5-6-25-16-17-27(34-4)19-29(25)28/h8-17,19-21,28,30,32H,5-7,18H2,1-4H3. The monoisotopic (exact) mass is 456 g/mol. The van der Waals surface area contributed by atoms with Gasteiger partial charge in [0.15, 0.2) is 0 Å². The number of aliphatic hydroxyl groups is 1. The first-order chi connectivity index (χ1) is 16.4. The lowest BCUT2D eigenvalue weighted by Crippen LogP contribution is -2.26. The quantitative estimate of drug-likeness (QED) is 0.401. The number of methoxy groups -OCH3 is 1. The molecule has 1 aliphatic carbocycles. The Hall–Kier alpha value is -2.91. The van der Waals surface area contributed by atoms with Gasteiger partial charge in [0.25, 0.3) is 0 Å². The molecule has 3 atom stereocenters. The first kappa shape index (κ1) is 24.2. The molecule has 0 saturated carbocycles. The number of carbonyl (C=O) groups is 1. The Morgan fingerprint density at radius 3 is 2.21 bits per heavy atom. The van der Waals surface area contributed by atoms with Crippen LogP contribution in [0.1, 0.15) is 90.9 Å². The molecule has 3 unspecified atom stereocenters. The molecule has 4 rings (SSSR count). The molecule has 3 aromatic carbocycles. The molecular formula is C31H36O3. The van der Waals surface area contributed by atoms with Crippen LogP contribution in [-0.4, -0.2) is 18.0 Å². The summed E-state index contributed by atoms with van der Waals surface area (Å²) in [7, 11) is 1.68. The van der Waals surface area contributed by atoms with Gasteiger partial charge in [0.1, 0.15) is 11.5 Å². The number of carbonyl (C=O) groups excluding carboxylic acids is 1. The molecule has 1 aliphatic rings. The van der Waals surface area contributed by atoms with Crippen molar-refractivity contribution < 1.29 is 14.6 Å². The molecule has 178 valence electrons. The van der Waals surface area contributed by atoms with Gasteiger partial charge in [-0.15, -0.1) is 0 Å². The van der Waals surface area contributed by atoms with E-state index in [0.717, 1.165) is 41.7 Å². The summed E-state index contributed by atoms with van der Waals surface area (Å²) in [5.41, 5.74) is 6.73. The first-order valence-electron chi connectivity index (χ1n) is 12.4. The molecule has 1 N–H and O–H groups in total. The van der Waals surface area contributed by atoms with Crippen molar-refractivity contribution in [1.82, 2.24) is 0 Å². The SMILES string of the molecule is COc1ccc2c(c1)C(C(=O)C(Cc1ccc(C(C)C)cc1)c1ccc(C(C)O)cc1)CCC2. The Balaban J connectivity index is 1.70. The number of hydrogen-bond donors (Lipinski definition) is 1. The van der Waals surface area contributed by atoms with Crippen LogP contribution in [0.15, 0.2) is 66.7 Å². The van der Waals surface area contributed by atoms with Crippen molar-refractivity contribution in [3.63, 3.8) is 0 Å². The zero-order valence-electron chi connectivity index (χ0n) is 20.8. The average molecular weight is 457 g/mol.